The smallest absolute Gasteiger partial charge is 0.407 e. The predicted molar refractivity (Wildman–Crippen MR) is 266 cm³/mol. The lowest BCUT2D eigenvalue weighted by Gasteiger charge is -2.34. The fourth-order valence-electron chi connectivity index (χ4n) is 10.0. The van der Waals surface area contributed by atoms with Crippen LogP contribution in [0.2, 0.25) is 0 Å². The van der Waals surface area contributed by atoms with Gasteiger partial charge in [-0.25, -0.2) is 14.8 Å². The first-order valence-electron chi connectivity index (χ1n) is 23.4. The van der Waals surface area contributed by atoms with Gasteiger partial charge in [0.2, 0.25) is 11.8 Å². The molecule has 5 aromatic rings. The highest BCUT2D eigenvalue weighted by molar-refractivity contribution is 9.10. The van der Waals surface area contributed by atoms with Gasteiger partial charge in [-0.15, -0.1) is 0 Å². The van der Waals surface area contributed by atoms with E-state index in [0.29, 0.717) is 6.54 Å². The van der Waals surface area contributed by atoms with Gasteiger partial charge in [0, 0.05) is 29.9 Å². The second kappa shape index (κ2) is 19.7. The number of amides is 3. The van der Waals surface area contributed by atoms with E-state index in [2.05, 4.69) is 146 Å². The van der Waals surface area contributed by atoms with E-state index in [9.17, 15) is 14.4 Å². The number of aromatic amines is 2. The highest BCUT2D eigenvalue weighted by Crippen LogP contribution is 2.48. The van der Waals surface area contributed by atoms with Gasteiger partial charge in [-0.3, -0.25) is 9.59 Å². The van der Waals surface area contributed by atoms with Gasteiger partial charge in [-0.2, -0.15) is 0 Å². The number of carbonyl (C=O) groups excluding carboxylic acids is 3. The molecule has 66 heavy (non-hydrogen) atoms. The SMILES string of the molecule is COC(=O)N[C@H](C(=O)N1CCC[C@H]1c1nc(-c2ccc([C@@H]3CC[C@@H](c4ccc(-c5nc([C@@H]6CCCN6C(=O)[CH]C(C)C)[nH]c5Br)cc4)N3c3ccc(C(C)(C)C)cc3)cc2)c(Br)[nH]1)C(C)C. The first-order chi connectivity index (χ1) is 31.5. The third kappa shape index (κ3) is 9.86. The Bertz CT molecular complexity index is 2510. The summed E-state index contributed by atoms with van der Waals surface area (Å²) in [5.74, 6) is 1.55. The van der Waals surface area contributed by atoms with E-state index in [1.807, 2.05) is 37.5 Å². The van der Waals surface area contributed by atoms with Crippen molar-refractivity contribution < 1.29 is 19.1 Å². The summed E-state index contributed by atoms with van der Waals surface area (Å²) in [6, 6.07) is 26.0. The number of carbonyl (C=O) groups is 3. The largest absolute Gasteiger partial charge is 0.453 e. The van der Waals surface area contributed by atoms with Crippen LogP contribution in [-0.4, -0.2) is 73.9 Å². The second-order valence-corrected chi connectivity index (χ2v) is 21.4. The van der Waals surface area contributed by atoms with Crippen LogP contribution in [0.25, 0.3) is 22.5 Å². The topological polar surface area (TPSA) is 140 Å². The highest BCUT2D eigenvalue weighted by Gasteiger charge is 2.39. The molecule has 3 saturated heterocycles. The van der Waals surface area contributed by atoms with E-state index in [1.54, 1.807) is 6.42 Å². The van der Waals surface area contributed by atoms with E-state index in [-0.39, 0.29) is 53.2 Å². The summed E-state index contributed by atoms with van der Waals surface area (Å²) in [5, 5.41) is 2.73. The monoisotopic (exact) mass is 1020 g/mol. The van der Waals surface area contributed by atoms with Gasteiger partial charge in [-0.05, 0) is 116 Å². The summed E-state index contributed by atoms with van der Waals surface area (Å²) in [4.78, 5) is 62.4. The standard InChI is InChI=1S/C52H63Br2N8O4/c1-30(2)29-42(63)60-27-9-11-40(60)48-55-44(46(53)58-48)34-17-13-32(14-18-34)38-25-26-39(62(38)37-23-21-36(22-24-37)52(5,6)7)33-15-19-35(20-16-33)45-47(54)59-49(56-45)41-12-10-28-61(41)50(64)43(31(3)4)57-51(65)66-8/h13-24,29-31,38-41,43H,9-12,25-28H2,1-8H3,(H,55,58)(H,56,59)(H,57,65)/t38-,39-,40-,41-,43-/m0/s1. The predicted octanol–water partition coefficient (Wildman–Crippen LogP) is 11.9. The molecule has 3 N–H and O–H groups in total. The summed E-state index contributed by atoms with van der Waals surface area (Å²) in [7, 11) is 1.30. The lowest BCUT2D eigenvalue weighted by atomic mass is 9.87. The Morgan fingerprint density at radius 2 is 1.20 bits per heavy atom. The zero-order valence-corrected chi connectivity index (χ0v) is 42.5. The van der Waals surface area contributed by atoms with Gasteiger partial charge in [0.05, 0.1) is 37.7 Å². The van der Waals surface area contributed by atoms with Crippen molar-refractivity contribution in [1.82, 2.24) is 35.1 Å². The van der Waals surface area contributed by atoms with Crippen molar-refractivity contribution in [3.8, 4) is 22.5 Å². The van der Waals surface area contributed by atoms with Crippen LogP contribution < -0.4 is 10.2 Å². The minimum absolute atomic E-state index is 0.0384. The van der Waals surface area contributed by atoms with Crippen LogP contribution in [0.4, 0.5) is 10.5 Å². The Morgan fingerprint density at radius 1 is 0.712 bits per heavy atom. The van der Waals surface area contributed by atoms with Crippen molar-refractivity contribution in [2.75, 3.05) is 25.1 Å². The first kappa shape index (κ1) is 47.5. The molecule has 12 nitrogen and oxygen atoms in total. The van der Waals surface area contributed by atoms with Crippen LogP contribution in [0.3, 0.4) is 0 Å². The average Bonchev–Trinajstić information content (AvgIpc) is 4.15. The molecule has 0 bridgehead atoms. The molecule has 2 aromatic heterocycles. The van der Waals surface area contributed by atoms with Gasteiger partial charge in [0.25, 0.3) is 0 Å². The number of ether oxygens (including phenoxy) is 1. The summed E-state index contributed by atoms with van der Waals surface area (Å²) < 4.78 is 6.40. The van der Waals surface area contributed by atoms with Crippen LogP contribution in [0.5, 0.6) is 0 Å². The number of methoxy groups -OCH3 is 1. The zero-order valence-electron chi connectivity index (χ0n) is 39.3. The third-order valence-corrected chi connectivity index (χ3v) is 14.6. The van der Waals surface area contributed by atoms with Crippen molar-refractivity contribution in [3.63, 3.8) is 0 Å². The molecule has 8 rings (SSSR count). The Kier molecular flexibility index (Phi) is 14.2. The number of hydrogen-bond acceptors (Lipinski definition) is 7. The van der Waals surface area contributed by atoms with Crippen LogP contribution in [-0.2, 0) is 19.7 Å². The number of rotatable bonds is 12. The van der Waals surface area contributed by atoms with Crippen LogP contribution in [0.15, 0.2) is 82.0 Å². The second-order valence-electron chi connectivity index (χ2n) is 19.8. The van der Waals surface area contributed by atoms with Crippen molar-refractivity contribution in [2.45, 2.75) is 123 Å². The van der Waals surface area contributed by atoms with Crippen molar-refractivity contribution in [2.24, 2.45) is 11.8 Å². The molecule has 0 unspecified atom stereocenters. The Morgan fingerprint density at radius 3 is 1.65 bits per heavy atom. The van der Waals surface area contributed by atoms with Gasteiger partial charge in [-0.1, -0.05) is 109 Å². The minimum atomic E-state index is -0.701. The number of benzene rings is 3. The number of halogens is 2. The summed E-state index contributed by atoms with van der Waals surface area (Å²) in [5.41, 5.74) is 8.62. The fourth-order valence-corrected chi connectivity index (χ4v) is 11.1. The highest BCUT2D eigenvalue weighted by atomic mass is 79.9. The molecule has 1 radical (unpaired) electrons. The lowest BCUT2D eigenvalue weighted by Crippen LogP contribution is -2.51. The molecule has 5 heterocycles. The molecule has 14 heteroatoms. The molecule has 0 saturated carbocycles. The molecule has 3 amide bonds. The molecule has 3 aromatic carbocycles. The van der Waals surface area contributed by atoms with E-state index in [1.165, 1.54) is 29.5 Å². The van der Waals surface area contributed by atoms with E-state index >= 15 is 0 Å². The Balaban J connectivity index is 1.03. The lowest BCUT2D eigenvalue weighted by molar-refractivity contribution is -0.135. The molecule has 0 spiro atoms. The van der Waals surface area contributed by atoms with Gasteiger partial charge in [0.15, 0.2) is 0 Å². The van der Waals surface area contributed by atoms with Crippen LogP contribution in [0, 0.1) is 18.3 Å². The van der Waals surface area contributed by atoms with E-state index in [0.717, 1.165) is 88.4 Å². The maximum absolute atomic E-state index is 13.8. The number of hydrogen-bond donors (Lipinski definition) is 3. The van der Waals surface area contributed by atoms with Gasteiger partial charge >= 0.3 is 6.09 Å². The quantitative estimate of drug-likeness (QED) is 0.113. The zero-order chi connectivity index (χ0) is 47.0. The number of nitrogens with zero attached hydrogens (tertiary/aromatic N) is 5. The molecule has 0 aliphatic carbocycles. The number of likely N-dealkylation sites (tertiary alicyclic amines) is 2. The van der Waals surface area contributed by atoms with E-state index < -0.39 is 12.1 Å². The van der Waals surface area contributed by atoms with Crippen molar-refractivity contribution >= 4 is 55.5 Å². The van der Waals surface area contributed by atoms with E-state index in [4.69, 9.17) is 14.7 Å². The molecule has 349 valence electrons. The van der Waals surface area contributed by atoms with Gasteiger partial charge < -0.3 is 34.7 Å². The van der Waals surface area contributed by atoms with Crippen molar-refractivity contribution in [3.05, 3.63) is 117 Å². The normalized spacial score (nSPS) is 20.5. The van der Waals surface area contributed by atoms with Crippen molar-refractivity contribution in [1.29, 1.82) is 0 Å². The fraction of sp³-hybridized carbons (Fsp3) is 0.462. The number of aromatic nitrogens is 4. The number of nitrogens with one attached hydrogen (secondary N) is 3. The van der Waals surface area contributed by atoms with Crippen LogP contribution in [0.1, 0.15) is 139 Å². The van der Waals surface area contributed by atoms with Crippen LogP contribution >= 0.6 is 31.9 Å². The number of alkyl carbamates (subject to hydrolysis) is 1. The molecular formula is C52H63Br2N8O4. The molecule has 3 fully saturated rings. The summed E-state index contributed by atoms with van der Waals surface area (Å²) >= 11 is 7.52. The maximum Gasteiger partial charge on any atom is 0.407 e. The molecular weight excluding hydrogens is 960 g/mol. The maximum atomic E-state index is 13.8. The molecule has 3 aliphatic heterocycles. The first-order valence-corrected chi connectivity index (χ1v) is 25.0. The van der Waals surface area contributed by atoms with Gasteiger partial charge in [0.1, 0.15) is 38.3 Å². The summed E-state index contributed by atoms with van der Waals surface area (Å²) in [6.45, 7) is 16.0. The number of H-pyrrole nitrogens is 2. The minimum Gasteiger partial charge on any atom is -0.453 e. The number of imidazole rings is 2. The molecule has 5 atom stereocenters. The number of anilines is 1. The Hall–Kier alpha value is -4.95. The summed E-state index contributed by atoms with van der Waals surface area (Å²) in [6.07, 6.45) is 6.60. The Labute approximate surface area is 406 Å². The average molecular weight is 1020 g/mol. The molecule has 3 aliphatic rings. The third-order valence-electron chi connectivity index (χ3n) is 13.5.